The average molecular weight is 279 g/mol. The number of amides is 1. The van der Waals surface area contributed by atoms with Gasteiger partial charge in [-0.05, 0) is 30.5 Å². The number of fused-ring (bicyclic) bond motifs is 1. The maximum atomic E-state index is 11.5. The van der Waals surface area contributed by atoms with Gasteiger partial charge in [0.2, 0.25) is 12.7 Å². The van der Waals surface area contributed by atoms with Gasteiger partial charge in [-0.2, -0.15) is 0 Å². The molecule has 1 heterocycles. The number of hydrogen-bond acceptors (Lipinski definition) is 4. The Hall–Kier alpha value is -2.24. The minimum Gasteiger partial charge on any atom is -0.481 e. The molecule has 108 valence electrons. The molecule has 2 N–H and O–H groups in total. The molecule has 1 aromatic carbocycles. The zero-order valence-electron chi connectivity index (χ0n) is 11.1. The van der Waals surface area contributed by atoms with Crippen LogP contribution in [0.25, 0.3) is 0 Å². The van der Waals surface area contributed by atoms with Gasteiger partial charge < -0.3 is 19.9 Å². The molecule has 0 unspecified atom stereocenters. The number of nitrogens with one attached hydrogen (secondary N) is 1. The van der Waals surface area contributed by atoms with E-state index in [0.717, 1.165) is 23.5 Å². The summed E-state index contributed by atoms with van der Waals surface area (Å²) in [4.78, 5) is 21.8. The highest BCUT2D eigenvalue weighted by Gasteiger charge is 2.13. The van der Waals surface area contributed by atoms with Crippen LogP contribution in [-0.2, 0) is 16.0 Å². The summed E-state index contributed by atoms with van der Waals surface area (Å²) in [6.45, 7) is 0.433. The minimum absolute atomic E-state index is 0.0477. The van der Waals surface area contributed by atoms with Crippen molar-refractivity contribution in [3.05, 3.63) is 23.8 Å². The number of carboxylic acids is 1. The van der Waals surface area contributed by atoms with E-state index in [0.29, 0.717) is 12.8 Å². The topological polar surface area (TPSA) is 84.9 Å². The van der Waals surface area contributed by atoms with E-state index in [-0.39, 0.29) is 25.7 Å². The van der Waals surface area contributed by atoms with Gasteiger partial charge in [0.15, 0.2) is 11.5 Å². The summed E-state index contributed by atoms with van der Waals surface area (Å²) in [5.74, 6) is 0.464. The van der Waals surface area contributed by atoms with E-state index >= 15 is 0 Å². The highest BCUT2D eigenvalue weighted by molar-refractivity contribution is 5.76. The van der Waals surface area contributed by atoms with Gasteiger partial charge in [-0.1, -0.05) is 6.07 Å². The van der Waals surface area contributed by atoms with Gasteiger partial charge in [-0.25, -0.2) is 0 Å². The summed E-state index contributed by atoms with van der Waals surface area (Å²) in [6, 6.07) is 5.74. The van der Waals surface area contributed by atoms with Crippen LogP contribution in [-0.4, -0.2) is 30.3 Å². The Morgan fingerprint density at radius 3 is 2.80 bits per heavy atom. The Labute approximate surface area is 116 Å². The van der Waals surface area contributed by atoms with Crippen LogP contribution in [0.3, 0.4) is 0 Å². The molecule has 0 saturated carbocycles. The van der Waals surface area contributed by atoms with Crippen molar-refractivity contribution in [2.24, 2.45) is 0 Å². The van der Waals surface area contributed by atoms with Gasteiger partial charge in [-0.3, -0.25) is 9.59 Å². The fraction of sp³-hybridized carbons (Fsp3) is 0.429. The zero-order chi connectivity index (χ0) is 14.4. The van der Waals surface area contributed by atoms with Gasteiger partial charge in [0.1, 0.15) is 0 Å². The smallest absolute Gasteiger partial charge is 0.305 e. The number of carboxylic acid groups (broad SMARTS) is 1. The van der Waals surface area contributed by atoms with Gasteiger partial charge in [0.05, 0.1) is 6.42 Å². The lowest BCUT2D eigenvalue weighted by Crippen LogP contribution is -2.25. The molecule has 20 heavy (non-hydrogen) atoms. The standard InChI is InChI=1S/C14H17NO5/c16-13(15-7-6-14(17)18)3-1-2-10-4-5-11-12(8-10)20-9-19-11/h4-5,8H,1-3,6-7,9H2,(H,15,16)(H,17,18). The van der Waals surface area contributed by atoms with Crippen LogP contribution in [0.2, 0.25) is 0 Å². The van der Waals surface area contributed by atoms with E-state index in [2.05, 4.69) is 5.32 Å². The predicted octanol–water partition coefficient (Wildman–Crippen LogP) is 1.33. The summed E-state index contributed by atoms with van der Waals surface area (Å²) < 4.78 is 10.5. The summed E-state index contributed by atoms with van der Waals surface area (Å²) in [5.41, 5.74) is 1.09. The van der Waals surface area contributed by atoms with Gasteiger partial charge in [0, 0.05) is 13.0 Å². The predicted molar refractivity (Wildman–Crippen MR) is 70.8 cm³/mol. The Balaban J connectivity index is 1.68. The molecule has 0 saturated heterocycles. The van der Waals surface area contributed by atoms with Crippen LogP contribution in [0.15, 0.2) is 18.2 Å². The normalized spacial score (nSPS) is 12.2. The third kappa shape index (κ3) is 4.15. The van der Waals surface area contributed by atoms with E-state index in [4.69, 9.17) is 14.6 Å². The number of carbonyl (C=O) groups excluding carboxylic acids is 1. The van der Waals surface area contributed by atoms with Crippen LogP contribution in [0, 0.1) is 0 Å². The van der Waals surface area contributed by atoms with Crippen molar-refractivity contribution in [1.82, 2.24) is 5.32 Å². The number of ether oxygens (including phenoxy) is 2. The molecule has 0 radical (unpaired) electrons. The third-order valence-electron chi connectivity index (χ3n) is 2.97. The molecule has 2 rings (SSSR count). The summed E-state index contributed by atoms with van der Waals surface area (Å²) in [7, 11) is 0. The second-order valence-electron chi connectivity index (χ2n) is 4.53. The molecule has 6 heteroatoms. The van der Waals surface area contributed by atoms with E-state index in [1.165, 1.54) is 0 Å². The number of aryl methyl sites for hydroxylation is 1. The largest absolute Gasteiger partial charge is 0.481 e. The zero-order valence-corrected chi connectivity index (χ0v) is 11.1. The molecule has 6 nitrogen and oxygen atoms in total. The third-order valence-corrected chi connectivity index (χ3v) is 2.97. The summed E-state index contributed by atoms with van der Waals surface area (Å²) >= 11 is 0. The van der Waals surface area contributed by atoms with E-state index in [9.17, 15) is 9.59 Å². The Morgan fingerprint density at radius 1 is 1.20 bits per heavy atom. The first-order valence-corrected chi connectivity index (χ1v) is 6.52. The van der Waals surface area contributed by atoms with Crippen molar-refractivity contribution in [3.63, 3.8) is 0 Å². The molecule has 1 aromatic rings. The molecule has 0 fully saturated rings. The minimum atomic E-state index is -0.911. The fourth-order valence-corrected chi connectivity index (χ4v) is 1.95. The molecule has 0 aliphatic carbocycles. The molecule has 1 aliphatic heterocycles. The maximum absolute atomic E-state index is 11.5. The van der Waals surface area contributed by atoms with Crippen molar-refractivity contribution < 1.29 is 24.2 Å². The quantitative estimate of drug-likeness (QED) is 0.786. The fourth-order valence-electron chi connectivity index (χ4n) is 1.95. The number of aliphatic carboxylic acids is 1. The second-order valence-corrected chi connectivity index (χ2v) is 4.53. The van der Waals surface area contributed by atoms with Crippen LogP contribution < -0.4 is 14.8 Å². The van der Waals surface area contributed by atoms with Gasteiger partial charge in [0.25, 0.3) is 0 Å². The number of rotatable bonds is 7. The first-order chi connectivity index (χ1) is 9.65. The number of carbonyl (C=O) groups is 2. The molecule has 0 spiro atoms. The lowest BCUT2D eigenvalue weighted by Gasteiger charge is -2.04. The Bertz CT molecular complexity index is 500. The van der Waals surface area contributed by atoms with E-state index in [1.807, 2.05) is 18.2 Å². The first-order valence-electron chi connectivity index (χ1n) is 6.52. The number of benzene rings is 1. The van der Waals surface area contributed by atoms with Crippen molar-refractivity contribution in [2.75, 3.05) is 13.3 Å². The summed E-state index contributed by atoms with van der Waals surface area (Å²) in [6.07, 6.45) is 1.81. The number of hydrogen-bond donors (Lipinski definition) is 2. The van der Waals surface area contributed by atoms with E-state index in [1.54, 1.807) is 0 Å². The first kappa shape index (κ1) is 14.2. The SMILES string of the molecule is O=C(O)CCNC(=O)CCCc1ccc2c(c1)OCO2. The van der Waals surface area contributed by atoms with Gasteiger partial charge in [-0.15, -0.1) is 0 Å². The van der Waals surface area contributed by atoms with Gasteiger partial charge >= 0.3 is 5.97 Å². The monoisotopic (exact) mass is 279 g/mol. The van der Waals surface area contributed by atoms with Crippen molar-refractivity contribution in [3.8, 4) is 11.5 Å². The highest BCUT2D eigenvalue weighted by Crippen LogP contribution is 2.32. The molecule has 0 aromatic heterocycles. The van der Waals surface area contributed by atoms with Crippen LogP contribution >= 0.6 is 0 Å². The molecular formula is C14H17NO5. The average Bonchev–Trinajstić information content (AvgIpc) is 2.85. The Kier molecular flexibility index (Phi) is 4.81. The van der Waals surface area contributed by atoms with E-state index < -0.39 is 5.97 Å². The molecule has 0 atom stereocenters. The maximum Gasteiger partial charge on any atom is 0.305 e. The molecule has 1 amide bonds. The van der Waals surface area contributed by atoms with Crippen LogP contribution in [0.4, 0.5) is 0 Å². The Morgan fingerprint density at radius 2 is 2.00 bits per heavy atom. The summed E-state index contributed by atoms with van der Waals surface area (Å²) in [5, 5.41) is 11.0. The lowest BCUT2D eigenvalue weighted by atomic mass is 10.1. The van der Waals surface area contributed by atoms with Crippen LogP contribution in [0.5, 0.6) is 11.5 Å². The highest BCUT2D eigenvalue weighted by atomic mass is 16.7. The molecule has 0 bridgehead atoms. The van der Waals surface area contributed by atoms with Crippen molar-refractivity contribution in [2.45, 2.75) is 25.7 Å². The second kappa shape index (κ2) is 6.79. The lowest BCUT2D eigenvalue weighted by molar-refractivity contribution is -0.136. The molecular weight excluding hydrogens is 262 g/mol. The van der Waals surface area contributed by atoms with Crippen LogP contribution in [0.1, 0.15) is 24.8 Å². The van der Waals surface area contributed by atoms with Crippen molar-refractivity contribution in [1.29, 1.82) is 0 Å². The molecule has 1 aliphatic rings. The van der Waals surface area contributed by atoms with Crippen molar-refractivity contribution >= 4 is 11.9 Å².